The van der Waals surface area contributed by atoms with Gasteiger partial charge < -0.3 is 20.8 Å². The summed E-state index contributed by atoms with van der Waals surface area (Å²) in [4.78, 5) is 32.7. The number of nitrogens with one attached hydrogen (secondary N) is 2. The summed E-state index contributed by atoms with van der Waals surface area (Å²) in [5.74, 6) is -3.15. The first kappa shape index (κ1) is 16.4. The van der Waals surface area contributed by atoms with E-state index in [0.29, 0.717) is 12.0 Å². The Morgan fingerprint density at radius 2 is 1.95 bits per heavy atom. The van der Waals surface area contributed by atoms with Crippen LogP contribution in [0.1, 0.15) is 12.0 Å². The molecule has 114 valence electrons. The van der Waals surface area contributed by atoms with Crippen molar-refractivity contribution >= 4 is 18.0 Å². The summed E-state index contributed by atoms with van der Waals surface area (Å²) in [6, 6.07) is 3.55. The normalized spacial score (nSPS) is 11.5. The SMILES string of the molecule is O=C(O)CC(NC(=O)NCCc1cccc(F)c1)C(=O)O. The van der Waals surface area contributed by atoms with Crippen LogP contribution in [0.2, 0.25) is 0 Å². The van der Waals surface area contributed by atoms with Gasteiger partial charge in [-0.1, -0.05) is 12.1 Å². The molecule has 0 radical (unpaired) electrons. The minimum absolute atomic E-state index is 0.161. The van der Waals surface area contributed by atoms with Crippen LogP contribution in [0.15, 0.2) is 24.3 Å². The van der Waals surface area contributed by atoms with Gasteiger partial charge in [-0.05, 0) is 24.1 Å². The molecule has 0 aliphatic heterocycles. The second-order valence-electron chi connectivity index (χ2n) is 4.27. The molecule has 0 aliphatic carbocycles. The molecule has 0 saturated heterocycles. The van der Waals surface area contributed by atoms with E-state index < -0.39 is 30.4 Å². The first-order chi connectivity index (χ1) is 9.88. The summed E-state index contributed by atoms with van der Waals surface area (Å²) < 4.78 is 12.9. The van der Waals surface area contributed by atoms with Crippen molar-refractivity contribution in [1.82, 2.24) is 10.6 Å². The maximum atomic E-state index is 12.9. The fourth-order valence-corrected chi connectivity index (χ4v) is 1.60. The molecule has 0 fully saturated rings. The number of carbonyl (C=O) groups is 3. The number of hydrogen-bond acceptors (Lipinski definition) is 3. The highest BCUT2D eigenvalue weighted by Crippen LogP contribution is 2.03. The van der Waals surface area contributed by atoms with Crippen molar-refractivity contribution in [2.45, 2.75) is 18.9 Å². The number of benzene rings is 1. The number of aliphatic carboxylic acids is 2. The van der Waals surface area contributed by atoms with Gasteiger partial charge in [-0.2, -0.15) is 0 Å². The highest BCUT2D eigenvalue weighted by Gasteiger charge is 2.22. The second kappa shape index (κ2) is 7.83. The lowest BCUT2D eigenvalue weighted by atomic mass is 10.1. The molecule has 0 aliphatic rings. The predicted octanol–water partition coefficient (Wildman–Crippen LogP) is 0.595. The maximum absolute atomic E-state index is 12.9. The molecule has 8 heteroatoms. The summed E-state index contributed by atoms with van der Waals surface area (Å²) >= 11 is 0. The molecule has 7 nitrogen and oxygen atoms in total. The molecule has 1 rings (SSSR count). The molecule has 0 heterocycles. The molecule has 0 bridgehead atoms. The van der Waals surface area contributed by atoms with E-state index in [9.17, 15) is 18.8 Å². The summed E-state index contributed by atoms with van der Waals surface area (Å²) in [6.07, 6.45) is -0.353. The van der Waals surface area contributed by atoms with Crippen LogP contribution in [-0.2, 0) is 16.0 Å². The van der Waals surface area contributed by atoms with Crippen molar-refractivity contribution < 1.29 is 29.0 Å². The van der Waals surface area contributed by atoms with E-state index in [2.05, 4.69) is 5.32 Å². The molecule has 0 spiro atoms. The molecule has 1 unspecified atom stereocenters. The van der Waals surface area contributed by atoms with Crippen LogP contribution in [0.5, 0.6) is 0 Å². The van der Waals surface area contributed by atoms with E-state index in [4.69, 9.17) is 10.2 Å². The first-order valence-electron chi connectivity index (χ1n) is 6.12. The lowest BCUT2D eigenvalue weighted by Crippen LogP contribution is -2.47. The number of urea groups is 1. The zero-order valence-electron chi connectivity index (χ0n) is 11.0. The molecular weight excluding hydrogens is 283 g/mol. The third-order valence-corrected chi connectivity index (χ3v) is 2.57. The van der Waals surface area contributed by atoms with Gasteiger partial charge >= 0.3 is 18.0 Å². The van der Waals surface area contributed by atoms with Crippen LogP contribution in [0.3, 0.4) is 0 Å². The number of hydrogen-bond donors (Lipinski definition) is 4. The van der Waals surface area contributed by atoms with E-state index in [-0.39, 0.29) is 12.4 Å². The van der Waals surface area contributed by atoms with E-state index in [1.165, 1.54) is 18.2 Å². The zero-order chi connectivity index (χ0) is 15.8. The minimum Gasteiger partial charge on any atom is -0.481 e. The topological polar surface area (TPSA) is 116 Å². The molecule has 2 amide bonds. The minimum atomic E-state index is -1.50. The number of carboxylic acids is 2. The quantitative estimate of drug-likeness (QED) is 0.588. The summed E-state index contributed by atoms with van der Waals surface area (Å²) in [5, 5.41) is 21.7. The van der Waals surface area contributed by atoms with Crippen molar-refractivity contribution in [3.8, 4) is 0 Å². The van der Waals surface area contributed by atoms with Crippen LogP contribution in [-0.4, -0.2) is 40.8 Å². The summed E-state index contributed by atoms with van der Waals surface area (Å²) in [7, 11) is 0. The molecule has 0 aromatic heterocycles. The van der Waals surface area contributed by atoms with Gasteiger partial charge in [0.25, 0.3) is 0 Å². The Hall–Kier alpha value is -2.64. The zero-order valence-corrected chi connectivity index (χ0v) is 11.0. The summed E-state index contributed by atoms with van der Waals surface area (Å²) in [6.45, 7) is 0.161. The van der Waals surface area contributed by atoms with Gasteiger partial charge in [0.05, 0.1) is 6.42 Å². The standard InChI is InChI=1S/C13H15FN2O5/c14-9-3-1-2-8(6-9)4-5-15-13(21)16-10(12(19)20)7-11(17)18/h1-3,6,10H,4-5,7H2,(H,17,18)(H,19,20)(H2,15,16,21). The number of amides is 2. The third-order valence-electron chi connectivity index (χ3n) is 2.57. The average Bonchev–Trinajstić information content (AvgIpc) is 2.37. The van der Waals surface area contributed by atoms with Gasteiger partial charge in [0.2, 0.25) is 0 Å². The highest BCUT2D eigenvalue weighted by molar-refractivity contribution is 5.86. The molecule has 1 atom stereocenters. The third kappa shape index (κ3) is 6.37. The highest BCUT2D eigenvalue weighted by atomic mass is 19.1. The Balaban J connectivity index is 2.39. The first-order valence-corrected chi connectivity index (χ1v) is 6.12. The van der Waals surface area contributed by atoms with Crippen LogP contribution in [0.25, 0.3) is 0 Å². The van der Waals surface area contributed by atoms with E-state index in [1.54, 1.807) is 6.07 Å². The van der Waals surface area contributed by atoms with Gasteiger partial charge in [-0.25, -0.2) is 14.0 Å². The Kier molecular flexibility index (Phi) is 6.12. The Morgan fingerprint density at radius 3 is 2.52 bits per heavy atom. The predicted molar refractivity (Wildman–Crippen MR) is 70.3 cm³/mol. The number of halogens is 1. The molecule has 0 saturated carbocycles. The number of carbonyl (C=O) groups excluding carboxylic acids is 1. The Labute approximate surface area is 119 Å². The van der Waals surface area contributed by atoms with Crippen molar-refractivity contribution in [2.24, 2.45) is 0 Å². The van der Waals surface area contributed by atoms with Gasteiger partial charge in [0.15, 0.2) is 0 Å². The smallest absolute Gasteiger partial charge is 0.326 e. The van der Waals surface area contributed by atoms with Gasteiger partial charge in [-0.15, -0.1) is 0 Å². The van der Waals surface area contributed by atoms with Crippen molar-refractivity contribution in [3.05, 3.63) is 35.6 Å². The summed E-state index contributed by atoms with van der Waals surface area (Å²) in [5.41, 5.74) is 0.677. The average molecular weight is 298 g/mol. The lowest BCUT2D eigenvalue weighted by molar-refractivity contribution is -0.145. The molecule has 21 heavy (non-hydrogen) atoms. The van der Waals surface area contributed by atoms with Crippen molar-refractivity contribution in [3.63, 3.8) is 0 Å². The van der Waals surface area contributed by atoms with E-state index in [1.807, 2.05) is 5.32 Å². The van der Waals surface area contributed by atoms with E-state index >= 15 is 0 Å². The lowest BCUT2D eigenvalue weighted by Gasteiger charge is -2.13. The molecule has 1 aromatic rings. The van der Waals surface area contributed by atoms with Gasteiger partial charge in [0.1, 0.15) is 11.9 Å². The van der Waals surface area contributed by atoms with Crippen molar-refractivity contribution in [1.29, 1.82) is 0 Å². The fraction of sp³-hybridized carbons (Fsp3) is 0.308. The monoisotopic (exact) mass is 298 g/mol. The number of carboxylic acid groups (broad SMARTS) is 2. The van der Waals surface area contributed by atoms with Crippen LogP contribution in [0, 0.1) is 5.82 Å². The van der Waals surface area contributed by atoms with Crippen LogP contribution >= 0.6 is 0 Å². The van der Waals surface area contributed by atoms with E-state index in [0.717, 1.165) is 0 Å². The Morgan fingerprint density at radius 1 is 1.24 bits per heavy atom. The fourth-order valence-electron chi connectivity index (χ4n) is 1.60. The molecule has 4 N–H and O–H groups in total. The van der Waals surface area contributed by atoms with Gasteiger partial charge in [0, 0.05) is 6.54 Å². The molecular formula is C13H15FN2O5. The Bertz CT molecular complexity index is 535. The van der Waals surface area contributed by atoms with Crippen LogP contribution < -0.4 is 10.6 Å². The van der Waals surface area contributed by atoms with Gasteiger partial charge in [-0.3, -0.25) is 4.79 Å². The second-order valence-corrected chi connectivity index (χ2v) is 4.27. The maximum Gasteiger partial charge on any atom is 0.326 e. The number of rotatable bonds is 7. The van der Waals surface area contributed by atoms with Crippen molar-refractivity contribution in [2.75, 3.05) is 6.54 Å². The largest absolute Gasteiger partial charge is 0.481 e. The van der Waals surface area contributed by atoms with Crippen LogP contribution in [0.4, 0.5) is 9.18 Å². The molecule has 1 aromatic carbocycles.